The summed E-state index contributed by atoms with van der Waals surface area (Å²) in [4.78, 5) is 12.9. The summed E-state index contributed by atoms with van der Waals surface area (Å²) >= 11 is 0. The van der Waals surface area contributed by atoms with E-state index in [1.165, 1.54) is 6.92 Å². The Morgan fingerprint density at radius 2 is 1.74 bits per heavy atom. The molecule has 1 aliphatic heterocycles. The number of benzene rings is 2. The number of nitrogens with one attached hydrogen (secondary N) is 1. The van der Waals surface area contributed by atoms with Gasteiger partial charge >= 0.3 is 6.18 Å². The number of halogens is 3. The Labute approximate surface area is 154 Å². The molecule has 144 valence electrons. The first-order valence-corrected chi connectivity index (χ1v) is 9.62. The van der Waals surface area contributed by atoms with Crippen LogP contribution in [0.1, 0.15) is 23.6 Å². The zero-order valence-corrected chi connectivity index (χ0v) is 15.2. The number of hydrogen-bond donors (Lipinski definition) is 1. The van der Waals surface area contributed by atoms with Gasteiger partial charge in [0.2, 0.25) is 5.91 Å². The van der Waals surface area contributed by atoms with Crippen LogP contribution >= 0.6 is 0 Å². The van der Waals surface area contributed by atoms with E-state index in [-0.39, 0.29) is 10.8 Å². The molecule has 1 N–H and O–H groups in total. The van der Waals surface area contributed by atoms with Crippen molar-refractivity contribution in [1.29, 1.82) is 0 Å². The van der Waals surface area contributed by atoms with Gasteiger partial charge in [-0.05, 0) is 53.9 Å². The van der Waals surface area contributed by atoms with Crippen molar-refractivity contribution >= 4 is 21.6 Å². The first-order chi connectivity index (χ1) is 12.6. The Morgan fingerprint density at radius 1 is 1.07 bits per heavy atom. The lowest BCUT2D eigenvalue weighted by molar-refractivity contribution is -0.137. The smallest absolute Gasteiger partial charge is 0.338 e. The standard InChI is InChI=1S/C18H17F3N2O3S/c1-12(24)23-9-8-13-2-5-16(10-14(13)11-23)22-27(25,26)17-6-3-15(4-7-17)18(19,20)21/h2-7,10,22H,8-9,11H2,1H3. The van der Waals surface area contributed by atoms with Crippen LogP contribution in [-0.4, -0.2) is 25.8 Å². The van der Waals surface area contributed by atoms with Crippen molar-refractivity contribution < 1.29 is 26.4 Å². The van der Waals surface area contributed by atoms with Crippen LogP contribution in [0.3, 0.4) is 0 Å². The van der Waals surface area contributed by atoms with Crippen molar-refractivity contribution in [2.45, 2.75) is 31.0 Å². The highest BCUT2D eigenvalue weighted by Gasteiger charge is 2.30. The summed E-state index contributed by atoms with van der Waals surface area (Å²) in [6.45, 7) is 2.47. The van der Waals surface area contributed by atoms with E-state index in [4.69, 9.17) is 0 Å². The molecular formula is C18H17F3N2O3S. The van der Waals surface area contributed by atoms with Gasteiger partial charge in [0.05, 0.1) is 10.5 Å². The molecule has 5 nitrogen and oxygen atoms in total. The predicted molar refractivity (Wildman–Crippen MR) is 93.5 cm³/mol. The third kappa shape index (κ3) is 4.24. The molecule has 9 heteroatoms. The molecule has 1 heterocycles. The van der Waals surface area contributed by atoms with Crippen molar-refractivity contribution in [1.82, 2.24) is 4.90 Å². The van der Waals surface area contributed by atoms with Gasteiger partial charge in [0.15, 0.2) is 0 Å². The summed E-state index contributed by atoms with van der Waals surface area (Å²) in [6.07, 6.45) is -3.85. The summed E-state index contributed by atoms with van der Waals surface area (Å²) in [6, 6.07) is 8.33. The molecule has 1 amide bonds. The van der Waals surface area contributed by atoms with Crippen LogP contribution < -0.4 is 4.72 Å². The van der Waals surface area contributed by atoms with Crippen LogP contribution in [0, 0.1) is 0 Å². The number of carbonyl (C=O) groups excluding carboxylic acids is 1. The van der Waals surface area contributed by atoms with E-state index in [0.29, 0.717) is 25.2 Å². The van der Waals surface area contributed by atoms with Gasteiger partial charge in [-0.1, -0.05) is 6.07 Å². The van der Waals surface area contributed by atoms with E-state index in [0.717, 1.165) is 35.4 Å². The Hall–Kier alpha value is -2.55. The molecule has 1 aliphatic rings. The maximum atomic E-state index is 12.6. The minimum absolute atomic E-state index is 0.0589. The fourth-order valence-corrected chi connectivity index (χ4v) is 3.98. The second kappa shape index (κ2) is 6.88. The van der Waals surface area contributed by atoms with Gasteiger partial charge in [0.1, 0.15) is 0 Å². The number of nitrogens with zero attached hydrogens (tertiary/aromatic N) is 1. The number of carbonyl (C=O) groups is 1. The highest BCUT2D eigenvalue weighted by Crippen LogP contribution is 2.30. The van der Waals surface area contributed by atoms with Crippen molar-refractivity contribution in [2.75, 3.05) is 11.3 Å². The normalized spacial score (nSPS) is 14.6. The first kappa shape index (κ1) is 19.2. The summed E-state index contributed by atoms with van der Waals surface area (Å²) in [5, 5.41) is 0. The third-order valence-corrected chi connectivity index (χ3v) is 5.81. The van der Waals surface area contributed by atoms with Crippen molar-refractivity contribution in [2.24, 2.45) is 0 Å². The fourth-order valence-electron chi connectivity index (χ4n) is 2.93. The number of amides is 1. The zero-order chi connectivity index (χ0) is 19.8. The number of alkyl halides is 3. The predicted octanol–water partition coefficient (Wildman–Crippen LogP) is 3.41. The van der Waals surface area contributed by atoms with Gasteiger partial charge in [0, 0.05) is 25.7 Å². The first-order valence-electron chi connectivity index (χ1n) is 8.14. The lowest BCUT2D eigenvalue weighted by atomic mass is 9.99. The zero-order valence-electron chi connectivity index (χ0n) is 14.4. The number of rotatable bonds is 3. The van der Waals surface area contributed by atoms with Crippen molar-refractivity contribution in [3.05, 3.63) is 59.2 Å². The molecule has 2 aromatic rings. The molecule has 0 unspecified atom stereocenters. The molecule has 0 fully saturated rings. The molecular weight excluding hydrogens is 381 g/mol. The highest BCUT2D eigenvalue weighted by atomic mass is 32.2. The van der Waals surface area contributed by atoms with E-state index in [2.05, 4.69) is 4.72 Å². The molecule has 0 spiro atoms. The number of anilines is 1. The topological polar surface area (TPSA) is 66.5 Å². The molecule has 0 aliphatic carbocycles. The second-order valence-electron chi connectivity index (χ2n) is 6.30. The van der Waals surface area contributed by atoms with Crippen LogP contribution in [0.25, 0.3) is 0 Å². The monoisotopic (exact) mass is 398 g/mol. The van der Waals surface area contributed by atoms with Gasteiger partial charge in [-0.2, -0.15) is 13.2 Å². The third-order valence-electron chi connectivity index (χ3n) is 4.41. The van der Waals surface area contributed by atoms with Gasteiger partial charge in [0.25, 0.3) is 10.0 Å². The Balaban J connectivity index is 1.82. The van der Waals surface area contributed by atoms with E-state index in [9.17, 15) is 26.4 Å². The van der Waals surface area contributed by atoms with Crippen LogP contribution in [0.5, 0.6) is 0 Å². The lowest BCUT2D eigenvalue weighted by Crippen LogP contribution is -2.34. The molecule has 0 bridgehead atoms. The Morgan fingerprint density at radius 3 is 2.33 bits per heavy atom. The number of sulfonamides is 1. The van der Waals surface area contributed by atoms with Crippen LogP contribution in [0.4, 0.5) is 18.9 Å². The van der Waals surface area contributed by atoms with Gasteiger partial charge in [-0.25, -0.2) is 8.42 Å². The van der Waals surface area contributed by atoms with Gasteiger partial charge in [-0.3, -0.25) is 9.52 Å². The van der Waals surface area contributed by atoms with Crippen LogP contribution in [0.2, 0.25) is 0 Å². The summed E-state index contributed by atoms with van der Waals surface area (Å²) in [7, 11) is -4.03. The van der Waals surface area contributed by atoms with E-state index < -0.39 is 21.8 Å². The number of hydrogen-bond acceptors (Lipinski definition) is 3. The summed E-state index contributed by atoms with van der Waals surface area (Å²) < 4.78 is 65.1. The average Bonchev–Trinajstić information content (AvgIpc) is 2.60. The second-order valence-corrected chi connectivity index (χ2v) is 7.98. The largest absolute Gasteiger partial charge is 0.416 e. The molecule has 3 rings (SSSR count). The quantitative estimate of drug-likeness (QED) is 0.862. The van der Waals surface area contributed by atoms with E-state index >= 15 is 0 Å². The minimum Gasteiger partial charge on any atom is -0.338 e. The summed E-state index contributed by atoms with van der Waals surface area (Å²) in [5.41, 5.74) is 1.24. The number of fused-ring (bicyclic) bond motifs is 1. The lowest BCUT2D eigenvalue weighted by Gasteiger charge is -2.28. The van der Waals surface area contributed by atoms with E-state index in [1.54, 1.807) is 23.1 Å². The Kier molecular flexibility index (Phi) is 4.90. The summed E-state index contributed by atoms with van der Waals surface area (Å²) in [5.74, 6) is -0.0589. The fraction of sp³-hybridized carbons (Fsp3) is 0.278. The molecule has 27 heavy (non-hydrogen) atoms. The SMILES string of the molecule is CC(=O)N1CCc2ccc(NS(=O)(=O)c3ccc(C(F)(F)F)cc3)cc2C1. The Bertz CT molecular complexity index is 970. The molecule has 0 aromatic heterocycles. The van der Waals surface area contributed by atoms with E-state index in [1.807, 2.05) is 0 Å². The van der Waals surface area contributed by atoms with Crippen molar-refractivity contribution in [3.63, 3.8) is 0 Å². The molecule has 0 atom stereocenters. The maximum absolute atomic E-state index is 12.6. The highest BCUT2D eigenvalue weighted by molar-refractivity contribution is 7.92. The molecule has 0 radical (unpaired) electrons. The average molecular weight is 398 g/mol. The van der Waals surface area contributed by atoms with Crippen LogP contribution in [-0.2, 0) is 34.0 Å². The minimum atomic E-state index is -4.53. The van der Waals surface area contributed by atoms with Gasteiger partial charge < -0.3 is 4.90 Å². The van der Waals surface area contributed by atoms with Crippen LogP contribution in [0.15, 0.2) is 47.4 Å². The van der Waals surface area contributed by atoms with Crippen molar-refractivity contribution in [3.8, 4) is 0 Å². The molecule has 0 saturated heterocycles. The molecule has 0 saturated carbocycles. The molecule has 2 aromatic carbocycles. The maximum Gasteiger partial charge on any atom is 0.416 e. The van der Waals surface area contributed by atoms with Gasteiger partial charge in [-0.15, -0.1) is 0 Å².